The number of hydrogen-bond acceptors (Lipinski definition) is 3. The topological polar surface area (TPSA) is 81.8 Å². The van der Waals surface area contributed by atoms with Crippen LogP contribution >= 0.6 is 0 Å². The molecular formula is C15H22N2O3S. The van der Waals surface area contributed by atoms with Crippen molar-refractivity contribution in [3.05, 3.63) is 48.6 Å². The van der Waals surface area contributed by atoms with Gasteiger partial charge in [-0.3, -0.25) is 0 Å². The summed E-state index contributed by atoms with van der Waals surface area (Å²) < 4.78 is 20.7. The molecule has 0 bridgehead atoms. The maximum absolute atomic E-state index is 12.1. The van der Waals surface area contributed by atoms with E-state index in [-0.39, 0.29) is 11.7 Å². The average molecular weight is 310 g/mol. The molecule has 21 heavy (non-hydrogen) atoms. The molecule has 0 aromatic heterocycles. The first-order valence-corrected chi connectivity index (χ1v) is 8.48. The second kappa shape index (κ2) is 7.95. The van der Waals surface area contributed by atoms with Crippen molar-refractivity contribution >= 4 is 16.0 Å². The van der Waals surface area contributed by atoms with E-state index in [0.717, 1.165) is 5.56 Å². The van der Waals surface area contributed by atoms with Crippen molar-refractivity contribution < 1.29 is 13.7 Å². The Morgan fingerprint density at radius 3 is 2.62 bits per heavy atom. The lowest BCUT2D eigenvalue weighted by atomic mass is 10.1. The summed E-state index contributed by atoms with van der Waals surface area (Å²) in [5, 5.41) is 5.59. The van der Waals surface area contributed by atoms with E-state index >= 15 is 0 Å². The van der Waals surface area contributed by atoms with Gasteiger partial charge in [0.1, 0.15) is 16.0 Å². The van der Waals surface area contributed by atoms with E-state index in [4.69, 9.17) is 9.88 Å². The first-order chi connectivity index (χ1) is 9.84. The third-order valence-electron chi connectivity index (χ3n) is 2.87. The number of ether oxygens (including phenoxy) is 1. The predicted octanol–water partition coefficient (Wildman–Crippen LogP) is 3.44. The van der Waals surface area contributed by atoms with Crippen LogP contribution in [0.25, 0.3) is 0 Å². The van der Waals surface area contributed by atoms with Gasteiger partial charge >= 0.3 is 6.09 Å². The maximum Gasteiger partial charge on any atom is 0.443 e. The van der Waals surface area contributed by atoms with Gasteiger partial charge in [0.15, 0.2) is 0 Å². The summed E-state index contributed by atoms with van der Waals surface area (Å²) in [6, 6.07) is 9.24. The van der Waals surface area contributed by atoms with Crippen LogP contribution in [0.2, 0.25) is 0 Å². The molecule has 0 saturated heterocycles. The highest BCUT2D eigenvalue weighted by Gasteiger charge is 2.15. The van der Waals surface area contributed by atoms with Crippen molar-refractivity contribution in [2.24, 2.45) is 15.4 Å². The quantitative estimate of drug-likeness (QED) is 0.817. The Bertz CT molecular complexity index is 592. The highest BCUT2D eigenvalue weighted by molar-refractivity contribution is 7.91. The second-order valence-electron chi connectivity index (χ2n) is 5.01. The first kappa shape index (κ1) is 17.4. The zero-order valence-corrected chi connectivity index (χ0v) is 13.2. The van der Waals surface area contributed by atoms with Gasteiger partial charge in [-0.1, -0.05) is 43.3 Å². The van der Waals surface area contributed by atoms with E-state index < -0.39 is 22.1 Å². The Balaban J connectivity index is 2.68. The third kappa shape index (κ3) is 6.55. The molecule has 2 N–H and O–H groups in total. The molecule has 0 fully saturated rings. The summed E-state index contributed by atoms with van der Waals surface area (Å²) in [6.45, 7) is 7.21. The minimum atomic E-state index is -3.08. The van der Waals surface area contributed by atoms with Crippen LogP contribution in [0.1, 0.15) is 31.9 Å². The van der Waals surface area contributed by atoms with Crippen LogP contribution in [0.4, 0.5) is 4.79 Å². The Labute approximate surface area is 126 Å². The van der Waals surface area contributed by atoms with Gasteiger partial charge in [-0.15, -0.1) is 10.9 Å². The minimum Gasteiger partial charge on any atom is -0.440 e. The Morgan fingerprint density at radius 1 is 1.43 bits per heavy atom. The molecule has 0 aliphatic heterocycles. The summed E-state index contributed by atoms with van der Waals surface area (Å²) in [5.41, 5.74) is 0.838. The molecule has 0 aliphatic rings. The van der Waals surface area contributed by atoms with Gasteiger partial charge in [0.05, 0.1) is 0 Å². The average Bonchev–Trinajstić information content (AvgIpc) is 2.38. The van der Waals surface area contributed by atoms with Gasteiger partial charge in [-0.2, -0.15) is 0 Å². The molecule has 3 atom stereocenters. The fourth-order valence-corrected chi connectivity index (χ4v) is 3.21. The number of carbonyl (C=O) groups is 1. The van der Waals surface area contributed by atoms with Crippen LogP contribution in [-0.2, 0) is 14.7 Å². The van der Waals surface area contributed by atoms with Crippen LogP contribution in [0.5, 0.6) is 0 Å². The zero-order chi connectivity index (χ0) is 15.9. The van der Waals surface area contributed by atoms with Gasteiger partial charge in [0.25, 0.3) is 0 Å². The number of amides is 1. The summed E-state index contributed by atoms with van der Waals surface area (Å²) >= 11 is 0. The number of benzene rings is 1. The van der Waals surface area contributed by atoms with Crippen LogP contribution < -0.4 is 5.14 Å². The van der Waals surface area contributed by atoms with Gasteiger partial charge in [0.2, 0.25) is 0 Å². The molecule has 1 aromatic rings. The zero-order valence-electron chi connectivity index (χ0n) is 12.4. The standard InChI is InChI=1S/C15H22N2O3S/c1-4-8-12(2)11-21(16,19)17-15(18)20-13(3)14-9-6-5-7-10-14/h4-7,9-10,12-13H,1,8,11H2,2-3H3,(H2,16,17,18,19)/t12-,13-,21-/m0/s1. The largest absolute Gasteiger partial charge is 0.443 e. The van der Waals surface area contributed by atoms with Gasteiger partial charge in [-0.25, -0.2) is 14.1 Å². The summed E-state index contributed by atoms with van der Waals surface area (Å²) in [6.07, 6.45) is 1.02. The normalized spacial score (nSPS) is 16.3. The van der Waals surface area contributed by atoms with Crippen molar-refractivity contribution in [2.75, 3.05) is 5.75 Å². The molecule has 1 amide bonds. The van der Waals surface area contributed by atoms with Crippen LogP contribution in [0, 0.1) is 5.92 Å². The van der Waals surface area contributed by atoms with Crippen LogP contribution in [-0.4, -0.2) is 16.1 Å². The predicted molar refractivity (Wildman–Crippen MR) is 84.9 cm³/mol. The van der Waals surface area contributed by atoms with Crippen molar-refractivity contribution in [1.82, 2.24) is 0 Å². The lowest BCUT2D eigenvalue weighted by Crippen LogP contribution is -2.23. The molecule has 1 rings (SSSR count). The van der Waals surface area contributed by atoms with E-state index in [1.165, 1.54) is 0 Å². The Kier molecular flexibility index (Phi) is 6.58. The number of rotatable bonds is 6. The number of allylic oxidation sites excluding steroid dienone is 1. The molecule has 0 spiro atoms. The molecule has 5 nitrogen and oxygen atoms in total. The maximum atomic E-state index is 12.1. The molecule has 1 aromatic carbocycles. The van der Waals surface area contributed by atoms with Crippen molar-refractivity contribution in [1.29, 1.82) is 0 Å². The molecular weight excluding hydrogens is 288 g/mol. The summed E-state index contributed by atoms with van der Waals surface area (Å²) in [7, 11) is -3.08. The van der Waals surface area contributed by atoms with Crippen molar-refractivity contribution in [3.63, 3.8) is 0 Å². The number of hydrogen-bond donors (Lipinski definition) is 1. The molecule has 0 radical (unpaired) electrons. The number of nitrogens with zero attached hydrogens (tertiary/aromatic N) is 1. The lowest BCUT2D eigenvalue weighted by Gasteiger charge is -2.13. The third-order valence-corrected chi connectivity index (χ3v) is 4.37. The van der Waals surface area contributed by atoms with Crippen LogP contribution in [0.3, 0.4) is 0 Å². The summed E-state index contributed by atoms with van der Waals surface area (Å²) in [5.74, 6) is 0.177. The van der Waals surface area contributed by atoms with E-state index in [1.54, 1.807) is 13.0 Å². The highest BCUT2D eigenvalue weighted by atomic mass is 32.2. The van der Waals surface area contributed by atoms with E-state index in [9.17, 15) is 9.00 Å². The van der Waals surface area contributed by atoms with Crippen LogP contribution in [0.15, 0.2) is 47.3 Å². The number of nitrogens with two attached hydrogens (primary N) is 1. The second-order valence-corrected chi connectivity index (χ2v) is 6.91. The summed E-state index contributed by atoms with van der Waals surface area (Å²) in [4.78, 5) is 11.7. The SMILES string of the molecule is C=CC[C@H](C)C[S@@](N)(=O)=NC(=O)O[C@@H](C)c1ccccc1. The van der Waals surface area contributed by atoms with Crippen molar-refractivity contribution in [3.8, 4) is 0 Å². The molecule has 0 saturated carbocycles. The van der Waals surface area contributed by atoms with Crippen molar-refractivity contribution in [2.45, 2.75) is 26.4 Å². The lowest BCUT2D eigenvalue weighted by molar-refractivity contribution is 0.117. The molecule has 0 unspecified atom stereocenters. The monoisotopic (exact) mass is 310 g/mol. The molecule has 0 aliphatic carbocycles. The van der Waals surface area contributed by atoms with E-state index in [0.29, 0.717) is 6.42 Å². The van der Waals surface area contributed by atoms with E-state index in [1.807, 2.05) is 37.3 Å². The molecule has 116 valence electrons. The highest BCUT2D eigenvalue weighted by Crippen LogP contribution is 2.17. The van der Waals surface area contributed by atoms with Gasteiger partial charge < -0.3 is 4.74 Å². The minimum absolute atomic E-state index is 0.0445. The van der Waals surface area contributed by atoms with Gasteiger partial charge in [0, 0.05) is 5.75 Å². The smallest absolute Gasteiger partial charge is 0.440 e. The molecule has 6 heteroatoms. The first-order valence-electron chi connectivity index (χ1n) is 6.73. The van der Waals surface area contributed by atoms with E-state index in [2.05, 4.69) is 10.9 Å². The fourth-order valence-electron chi connectivity index (χ4n) is 1.89. The van der Waals surface area contributed by atoms with Gasteiger partial charge in [-0.05, 0) is 24.8 Å². The molecule has 0 heterocycles. The Morgan fingerprint density at radius 2 is 2.05 bits per heavy atom. The fraction of sp³-hybridized carbons (Fsp3) is 0.400. The Hall–Kier alpha value is -1.66. The number of carbonyl (C=O) groups excluding carboxylic acids is 1.